The van der Waals surface area contributed by atoms with Crippen molar-refractivity contribution in [1.82, 2.24) is 5.32 Å². The Morgan fingerprint density at radius 3 is 2.40 bits per heavy atom. The molecule has 1 aromatic carbocycles. The normalized spacial score (nSPS) is 15.0. The van der Waals surface area contributed by atoms with E-state index in [1.807, 2.05) is 30.3 Å². The Labute approximate surface area is 119 Å². The predicted octanol–water partition coefficient (Wildman–Crippen LogP) is 1.25. The van der Waals surface area contributed by atoms with Crippen LogP contribution in [0.5, 0.6) is 0 Å². The van der Waals surface area contributed by atoms with Gasteiger partial charge >= 0.3 is 5.97 Å². The van der Waals surface area contributed by atoms with Crippen molar-refractivity contribution in [3.63, 3.8) is 0 Å². The van der Waals surface area contributed by atoms with E-state index in [-0.39, 0.29) is 36.3 Å². The molecule has 3 N–H and O–H groups in total. The van der Waals surface area contributed by atoms with Gasteiger partial charge in [0.15, 0.2) is 0 Å². The maximum Gasteiger partial charge on any atom is 0.310 e. The van der Waals surface area contributed by atoms with Gasteiger partial charge in [0.1, 0.15) is 0 Å². The van der Waals surface area contributed by atoms with Crippen LogP contribution >= 0.6 is 0 Å². The lowest BCUT2D eigenvalue weighted by atomic mass is 9.94. The molecule has 0 aliphatic carbocycles. The SMILES string of the molecule is COC(=O)C(C)CNC(=O)C(C)C(N)c1ccccc1. The van der Waals surface area contributed by atoms with Gasteiger partial charge in [0.2, 0.25) is 5.91 Å². The third-order valence-electron chi connectivity index (χ3n) is 3.32. The summed E-state index contributed by atoms with van der Waals surface area (Å²) in [5.74, 6) is -1.26. The fraction of sp³-hybridized carbons (Fsp3) is 0.467. The van der Waals surface area contributed by atoms with Gasteiger partial charge in [0, 0.05) is 12.6 Å². The summed E-state index contributed by atoms with van der Waals surface area (Å²) in [5.41, 5.74) is 6.99. The van der Waals surface area contributed by atoms with Crippen LogP contribution in [0.3, 0.4) is 0 Å². The Morgan fingerprint density at radius 1 is 1.25 bits per heavy atom. The van der Waals surface area contributed by atoms with Gasteiger partial charge in [-0.05, 0) is 5.56 Å². The van der Waals surface area contributed by atoms with Crippen LogP contribution < -0.4 is 11.1 Å². The average molecular weight is 278 g/mol. The van der Waals surface area contributed by atoms with E-state index in [4.69, 9.17) is 5.73 Å². The molecule has 3 unspecified atom stereocenters. The summed E-state index contributed by atoms with van der Waals surface area (Å²) in [5, 5.41) is 2.73. The first-order chi connectivity index (χ1) is 9.47. The highest BCUT2D eigenvalue weighted by Crippen LogP contribution is 2.19. The molecule has 0 heterocycles. The topological polar surface area (TPSA) is 81.4 Å². The molecule has 0 spiro atoms. The van der Waals surface area contributed by atoms with Crippen LogP contribution in [0.2, 0.25) is 0 Å². The Morgan fingerprint density at radius 2 is 1.85 bits per heavy atom. The quantitative estimate of drug-likeness (QED) is 0.767. The minimum atomic E-state index is -0.373. The van der Waals surface area contributed by atoms with E-state index in [9.17, 15) is 9.59 Å². The lowest BCUT2D eigenvalue weighted by molar-refractivity contribution is -0.144. The number of rotatable bonds is 6. The number of ether oxygens (including phenoxy) is 1. The Hall–Kier alpha value is -1.88. The molecule has 0 bridgehead atoms. The molecule has 3 atom stereocenters. The molecule has 0 radical (unpaired) electrons. The van der Waals surface area contributed by atoms with Gasteiger partial charge in [-0.25, -0.2) is 0 Å². The van der Waals surface area contributed by atoms with Gasteiger partial charge < -0.3 is 15.8 Å². The van der Waals surface area contributed by atoms with Crippen LogP contribution in [0, 0.1) is 11.8 Å². The zero-order valence-corrected chi connectivity index (χ0v) is 12.1. The summed E-state index contributed by atoms with van der Waals surface area (Å²) < 4.78 is 4.61. The van der Waals surface area contributed by atoms with Gasteiger partial charge in [-0.2, -0.15) is 0 Å². The second-order valence-corrected chi connectivity index (χ2v) is 4.89. The number of hydrogen-bond acceptors (Lipinski definition) is 4. The number of methoxy groups -OCH3 is 1. The fourth-order valence-electron chi connectivity index (χ4n) is 1.83. The van der Waals surface area contributed by atoms with E-state index in [1.165, 1.54) is 7.11 Å². The standard InChI is InChI=1S/C15H22N2O3/c1-10(15(19)20-3)9-17-14(18)11(2)13(16)12-7-5-4-6-8-12/h4-8,10-11,13H,9,16H2,1-3H3,(H,17,18). The lowest BCUT2D eigenvalue weighted by Gasteiger charge is -2.20. The third kappa shape index (κ3) is 4.35. The van der Waals surface area contributed by atoms with E-state index >= 15 is 0 Å². The highest BCUT2D eigenvalue weighted by Gasteiger charge is 2.23. The second-order valence-electron chi connectivity index (χ2n) is 4.89. The summed E-state index contributed by atoms with van der Waals surface area (Å²) in [6.07, 6.45) is 0. The van der Waals surface area contributed by atoms with E-state index in [0.717, 1.165) is 5.56 Å². The molecule has 1 amide bonds. The number of nitrogens with two attached hydrogens (primary N) is 1. The van der Waals surface area contributed by atoms with Crippen molar-refractivity contribution in [2.75, 3.05) is 13.7 Å². The van der Waals surface area contributed by atoms with Crippen molar-refractivity contribution in [3.8, 4) is 0 Å². The van der Waals surface area contributed by atoms with Crippen LogP contribution in [0.1, 0.15) is 25.5 Å². The maximum atomic E-state index is 12.0. The zero-order valence-electron chi connectivity index (χ0n) is 12.1. The molecule has 0 saturated carbocycles. The second kappa shape index (κ2) is 7.65. The van der Waals surface area contributed by atoms with Crippen molar-refractivity contribution in [1.29, 1.82) is 0 Å². The third-order valence-corrected chi connectivity index (χ3v) is 3.32. The van der Waals surface area contributed by atoms with Crippen LogP contribution in [-0.2, 0) is 14.3 Å². The van der Waals surface area contributed by atoms with Crippen LogP contribution in [0.25, 0.3) is 0 Å². The molecule has 1 aromatic rings. The highest BCUT2D eigenvalue weighted by atomic mass is 16.5. The van der Waals surface area contributed by atoms with E-state index in [1.54, 1.807) is 13.8 Å². The van der Waals surface area contributed by atoms with Gasteiger partial charge in [-0.3, -0.25) is 9.59 Å². The first kappa shape index (κ1) is 16.2. The number of hydrogen-bond donors (Lipinski definition) is 2. The zero-order chi connectivity index (χ0) is 15.1. The maximum absolute atomic E-state index is 12.0. The molecule has 5 heteroatoms. The molecule has 0 saturated heterocycles. The van der Waals surface area contributed by atoms with Crippen LogP contribution in [0.15, 0.2) is 30.3 Å². The van der Waals surface area contributed by atoms with Crippen LogP contribution in [0.4, 0.5) is 0 Å². The molecular formula is C15H22N2O3. The minimum absolute atomic E-state index is 0.169. The Bertz CT molecular complexity index is 448. The molecule has 1 rings (SSSR count). The summed E-state index contributed by atoms with van der Waals surface area (Å²) in [7, 11) is 1.33. The number of carbonyl (C=O) groups is 2. The molecule has 0 fully saturated rings. The minimum Gasteiger partial charge on any atom is -0.469 e. The summed E-state index contributed by atoms with van der Waals surface area (Å²) in [6.45, 7) is 3.72. The summed E-state index contributed by atoms with van der Waals surface area (Å²) >= 11 is 0. The molecule has 0 aromatic heterocycles. The number of amides is 1. The average Bonchev–Trinajstić information content (AvgIpc) is 2.50. The summed E-state index contributed by atoms with van der Waals surface area (Å²) in [6, 6.07) is 9.10. The molecule has 0 aliphatic rings. The molecular weight excluding hydrogens is 256 g/mol. The summed E-state index contributed by atoms with van der Waals surface area (Å²) in [4.78, 5) is 23.3. The van der Waals surface area contributed by atoms with Crippen molar-refractivity contribution < 1.29 is 14.3 Å². The van der Waals surface area contributed by atoms with Gasteiger partial charge in [0.25, 0.3) is 0 Å². The number of nitrogens with one attached hydrogen (secondary N) is 1. The van der Waals surface area contributed by atoms with Crippen molar-refractivity contribution in [2.45, 2.75) is 19.9 Å². The van der Waals surface area contributed by atoms with Crippen LogP contribution in [-0.4, -0.2) is 25.5 Å². The molecule has 20 heavy (non-hydrogen) atoms. The number of esters is 1. The predicted molar refractivity (Wildman–Crippen MR) is 76.7 cm³/mol. The van der Waals surface area contributed by atoms with Crippen molar-refractivity contribution in [2.24, 2.45) is 17.6 Å². The fourth-order valence-corrected chi connectivity index (χ4v) is 1.83. The first-order valence-electron chi connectivity index (χ1n) is 6.63. The van der Waals surface area contributed by atoms with E-state index in [0.29, 0.717) is 0 Å². The molecule has 0 aliphatic heterocycles. The van der Waals surface area contributed by atoms with Gasteiger partial charge in [0.05, 0.1) is 18.9 Å². The number of carbonyl (C=O) groups excluding carboxylic acids is 2. The Kier molecular flexibility index (Phi) is 6.18. The molecule has 5 nitrogen and oxygen atoms in total. The lowest BCUT2D eigenvalue weighted by Crippen LogP contribution is -2.39. The van der Waals surface area contributed by atoms with Crippen molar-refractivity contribution >= 4 is 11.9 Å². The van der Waals surface area contributed by atoms with E-state index in [2.05, 4.69) is 10.1 Å². The smallest absolute Gasteiger partial charge is 0.310 e. The highest BCUT2D eigenvalue weighted by molar-refractivity contribution is 5.80. The van der Waals surface area contributed by atoms with Gasteiger partial charge in [-0.1, -0.05) is 44.2 Å². The largest absolute Gasteiger partial charge is 0.469 e. The first-order valence-corrected chi connectivity index (χ1v) is 6.63. The monoisotopic (exact) mass is 278 g/mol. The van der Waals surface area contributed by atoms with E-state index < -0.39 is 0 Å². The van der Waals surface area contributed by atoms with Crippen molar-refractivity contribution in [3.05, 3.63) is 35.9 Å². The Balaban J connectivity index is 2.53. The molecule has 110 valence electrons. The van der Waals surface area contributed by atoms with Gasteiger partial charge in [-0.15, -0.1) is 0 Å². The number of benzene rings is 1.